The minimum atomic E-state index is -1.04. The van der Waals surface area contributed by atoms with Gasteiger partial charge in [-0.3, -0.25) is 14.4 Å². The van der Waals surface area contributed by atoms with Gasteiger partial charge in [0.25, 0.3) is 17.7 Å². The second-order valence-electron chi connectivity index (χ2n) is 8.75. The van der Waals surface area contributed by atoms with Crippen LogP contribution in [0.4, 0.5) is 5.69 Å². The van der Waals surface area contributed by atoms with Crippen LogP contribution in [0.15, 0.2) is 46.9 Å². The highest BCUT2D eigenvalue weighted by atomic mass is 32.1. The van der Waals surface area contributed by atoms with E-state index in [-0.39, 0.29) is 34.8 Å². The molecule has 2 aromatic heterocycles. The van der Waals surface area contributed by atoms with E-state index in [0.29, 0.717) is 11.5 Å². The maximum Gasteiger partial charge on any atom is 0.270 e. The number of carbonyl (C=O) groups excluding carboxylic acids is 3. The van der Waals surface area contributed by atoms with Gasteiger partial charge in [0, 0.05) is 12.6 Å². The van der Waals surface area contributed by atoms with E-state index in [0.717, 1.165) is 49.2 Å². The summed E-state index contributed by atoms with van der Waals surface area (Å²) in [7, 11) is 0. The van der Waals surface area contributed by atoms with Crippen molar-refractivity contribution < 1.29 is 18.8 Å². The van der Waals surface area contributed by atoms with Gasteiger partial charge in [-0.25, -0.2) is 0 Å². The Kier molecular flexibility index (Phi) is 7.50. The van der Waals surface area contributed by atoms with Crippen LogP contribution in [0.2, 0.25) is 0 Å². The summed E-state index contributed by atoms with van der Waals surface area (Å²) in [4.78, 5) is 40.7. The van der Waals surface area contributed by atoms with Crippen molar-refractivity contribution in [1.29, 1.82) is 0 Å². The number of nitrogens with two attached hydrogens (primary N) is 2. The lowest BCUT2D eigenvalue weighted by Crippen LogP contribution is -2.46. The van der Waals surface area contributed by atoms with E-state index in [4.69, 9.17) is 15.9 Å². The first-order valence-corrected chi connectivity index (χ1v) is 12.4. The van der Waals surface area contributed by atoms with Gasteiger partial charge in [0.15, 0.2) is 11.7 Å². The minimum Gasteiger partial charge on any atom is -0.464 e. The quantitative estimate of drug-likeness (QED) is 0.436. The summed E-state index contributed by atoms with van der Waals surface area (Å²) in [6.45, 7) is 1.90. The number of nitrogens with zero attached hydrogens (tertiary/aromatic N) is 2. The number of amides is 3. The molecule has 1 aliphatic rings. The lowest BCUT2D eigenvalue weighted by atomic mass is 9.95. The normalized spacial score (nSPS) is 14.9. The van der Waals surface area contributed by atoms with Crippen LogP contribution in [0.5, 0.6) is 0 Å². The number of nitrogens with one attached hydrogen (secondary N) is 1. The number of hydrogen-bond donors (Lipinski definition) is 3. The molecule has 0 bridgehead atoms. The summed E-state index contributed by atoms with van der Waals surface area (Å²) < 4.78 is 9.83. The highest BCUT2D eigenvalue weighted by Crippen LogP contribution is 2.31. The van der Waals surface area contributed by atoms with Crippen molar-refractivity contribution in [3.05, 3.63) is 70.1 Å². The van der Waals surface area contributed by atoms with Gasteiger partial charge in [-0.15, -0.1) is 0 Å². The topological polar surface area (TPSA) is 145 Å². The van der Waals surface area contributed by atoms with Crippen LogP contribution in [0, 0.1) is 6.92 Å². The van der Waals surface area contributed by atoms with Gasteiger partial charge in [-0.2, -0.15) is 4.37 Å². The van der Waals surface area contributed by atoms with E-state index in [1.807, 2.05) is 30.3 Å². The zero-order valence-electron chi connectivity index (χ0n) is 19.5. The zero-order chi connectivity index (χ0) is 24.9. The number of aryl methyl sites for hydroxylation is 1. The Morgan fingerprint density at radius 3 is 2.46 bits per heavy atom. The van der Waals surface area contributed by atoms with Gasteiger partial charge >= 0.3 is 0 Å². The third kappa shape index (κ3) is 5.54. The van der Waals surface area contributed by atoms with Crippen LogP contribution in [0.3, 0.4) is 0 Å². The summed E-state index contributed by atoms with van der Waals surface area (Å²) in [6, 6.07) is 11.8. The number of furan rings is 1. The molecule has 1 saturated carbocycles. The Balaban J connectivity index is 1.75. The maximum absolute atomic E-state index is 13.9. The van der Waals surface area contributed by atoms with Crippen LogP contribution in [0.1, 0.15) is 75.4 Å². The van der Waals surface area contributed by atoms with E-state index in [9.17, 15) is 14.4 Å². The fourth-order valence-electron chi connectivity index (χ4n) is 4.37. The average Bonchev–Trinajstić information content (AvgIpc) is 3.45. The van der Waals surface area contributed by atoms with E-state index in [2.05, 4.69) is 9.69 Å². The van der Waals surface area contributed by atoms with Gasteiger partial charge in [0.2, 0.25) is 0 Å². The summed E-state index contributed by atoms with van der Waals surface area (Å²) in [5, 5.41) is 3.13. The molecule has 1 atom stereocenters. The predicted octanol–water partition coefficient (Wildman–Crippen LogP) is 3.56. The SMILES string of the molecule is Cc1ccc([C@H](C(=O)NC2CCCCC2)N(Cc2ccccc2)C(=O)c2snc(C(N)=O)c2N)o1. The molecule has 0 saturated heterocycles. The Hall–Kier alpha value is -3.66. The number of anilines is 1. The van der Waals surface area contributed by atoms with E-state index in [1.165, 1.54) is 4.90 Å². The molecule has 0 spiro atoms. The Labute approximate surface area is 207 Å². The van der Waals surface area contributed by atoms with Gasteiger partial charge in [0.05, 0.1) is 5.69 Å². The van der Waals surface area contributed by atoms with Gasteiger partial charge < -0.3 is 26.1 Å². The van der Waals surface area contributed by atoms with E-state index < -0.39 is 17.9 Å². The van der Waals surface area contributed by atoms with Gasteiger partial charge in [0.1, 0.15) is 16.4 Å². The Morgan fingerprint density at radius 1 is 1.14 bits per heavy atom. The van der Waals surface area contributed by atoms with Gasteiger partial charge in [-0.05, 0) is 49.0 Å². The Morgan fingerprint density at radius 2 is 1.86 bits per heavy atom. The first-order chi connectivity index (χ1) is 16.8. The molecule has 3 aromatic rings. The molecule has 3 amide bonds. The van der Waals surface area contributed by atoms with Crippen molar-refractivity contribution in [3.8, 4) is 0 Å². The number of nitrogen functional groups attached to an aromatic ring is 1. The second-order valence-corrected chi connectivity index (χ2v) is 9.52. The molecule has 1 aromatic carbocycles. The standard InChI is InChI=1S/C25H29N5O4S/c1-15-12-13-18(34-15)21(24(32)28-17-10-6-3-7-11-17)30(14-16-8-4-2-5-9-16)25(33)22-19(26)20(23(27)31)29-35-22/h2,4-5,8-9,12-13,17,21H,3,6-7,10-11,14,26H2,1H3,(H2,27,31)(H,28,32)/t21-/m1/s1. The van der Waals surface area contributed by atoms with Crippen molar-refractivity contribution in [2.24, 2.45) is 5.73 Å². The molecule has 35 heavy (non-hydrogen) atoms. The molecule has 9 nitrogen and oxygen atoms in total. The monoisotopic (exact) mass is 495 g/mol. The lowest BCUT2D eigenvalue weighted by molar-refractivity contribution is -0.127. The third-order valence-corrected chi connectivity index (χ3v) is 7.01. The number of aromatic nitrogens is 1. The van der Waals surface area contributed by atoms with Crippen molar-refractivity contribution in [2.75, 3.05) is 5.73 Å². The molecule has 2 heterocycles. The number of rotatable bonds is 8. The molecule has 184 valence electrons. The van der Waals surface area contributed by atoms with E-state index >= 15 is 0 Å². The van der Waals surface area contributed by atoms with E-state index in [1.54, 1.807) is 19.1 Å². The molecule has 0 aliphatic heterocycles. The summed E-state index contributed by atoms with van der Waals surface area (Å²) in [6.07, 6.45) is 5.04. The van der Waals surface area contributed by atoms with Crippen molar-refractivity contribution in [1.82, 2.24) is 14.6 Å². The minimum absolute atomic E-state index is 0.0402. The largest absolute Gasteiger partial charge is 0.464 e. The molecule has 4 rings (SSSR count). The van der Waals surface area contributed by atoms with Crippen LogP contribution in [-0.2, 0) is 11.3 Å². The number of primary amides is 1. The lowest BCUT2D eigenvalue weighted by Gasteiger charge is -2.32. The van der Waals surface area contributed by atoms with Crippen molar-refractivity contribution in [3.63, 3.8) is 0 Å². The summed E-state index contributed by atoms with van der Waals surface area (Å²) in [5.41, 5.74) is 12.0. The fourth-order valence-corrected chi connectivity index (χ4v) is 5.13. The molecular formula is C25H29N5O4S. The van der Waals surface area contributed by atoms with Crippen LogP contribution < -0.4 is 16.8 Å². The summed E-state index contributed by atoms with van der Waals surface area (Å²) >= 11 is 0.787. The predicted molar refractivity (Wildman–Crippen MR) is 133 cm³/mol. The molecular weight excluding hydrogens is 466 g/mol. The smallest absolute Gasteiger partial charge is 0.270 e. The second kappa shape index (κ2) is 10.7. The van der Waals surface area contributed by atoms with Crippen LogP contribution in [0.25, 0.3) is 0 Å². The maximum atomic E-state index is 13.9. The number of hydrogen-bond acceptors (Lipinski definition) is 7. The fraction of sp³-hybridized carbons (Fsp3) is 0.360. The third-order valence-electron chi connectivity index (χ3n) is 6.15. The number of carbonyl (C=O) groups is 3. The highest BCUT2D eigenvalue weighted by Gasteiger charge is 2.37. The molecule has 0 radical (unpaired) electrons. The van der Waals surface area contributed by atoms with Crippen molar-refractivity contribution >= 4 is 34.9 Å². The molecule has 1 aliphatic carbocycles. The van der Waals surface area contributed by atoms with Gasteiger partial charge in [-0.1, -0.05) is 49.6 Å². The molecule has 1 fully saturated rings. The average molecular weight is 496 g/mol. The molecule has 10 heteroatoms. The Bertz CT molecular complexity index is 1200. The highest BCUT2D eigenvalue weighted by molar-refractivity contribution is 7.09. The van der Waals surface area contributed by atoms with Crippen LogP contribution in [-0.4, -0.2) is 33.0 Å². The molecule has 0 unspecified atom stereocenters. The van der Waals surface area contributed by atoms with Crippen LogP contribution >= 0.6 is 11.5 Å². The summed E-state index contributed by atoms with van der Waals surface area (Å²) in [5.74, 6) is -0.710. The zero-order valence-corrected chi connectivity index (χ0v) is 20.3. The number of benzene rings is 1. The van der Waals surface area contributed by atoms with Crippen molar-refractivity contribution in [2.45, 2.75) is 57.7 Å². The molecule has 5 N–H and O–H groups in total. The first-order valence-electron chi connectivity index (χ1n) is 11.6. The first kappa shape index (κ1) is 24.5.